The number of rotatable bonds is 4. The molecule has 2 fully saturated rings. The van der Waals surface area contributed by atoms with Gasteiger partial charge in [-0.3, -0.25) is 4.79 Å². The van der Waals surface area contributed by atoms with Crippen LogP contribution in [0.25, 0.3) is 0 Å². The van der Waals surface area contributed by atoms with Gasteiger partial charge in [0.1, 0.15) is 6.10 Å². The molecule has 1 amide bonds. The van der Waals surface area contributed by atoms with E-state index in [4.69, 9.17) is 4.74 Å². The standard InChI is InChI=1S/C16H22N2O2S/c1-12(2)7-15(19)18-10-16(11-18)8-13(9-21-16)20-14-5-3-4-6-17-14/h3-6,12-13H,7-11H2,1-2H3/t13-/m1/s1. The number of carbonyl (C=O) groups excluding carboxylic acids is 1. The van der Waals surface area contributed by atoms with Gasteiger partial charge in [-0.25, -0.2) is 4.98 Å². The summed E-state index contributed by atoms with van der Waals surface area (Å²) in [5.41, 5.74) is 0. The molecule has 2 saturated heterocycles. The molecule has 1 spiro atoms. The highest BCUT2D eigenvalue weighted by atomic mass is 32.2. The summed E-state index contributed by atoms with van der Waals surface area (Å²) < 4.78 is 6.16. The zero-order chi connectivity index (χ0) is 14.9. The molecule has 4 nitrogen and oxygen atoms in total. The van der Waals surface area contributed by atoms with E-state index in [0.717, 1.165) is 25.3 Å². The SMILES string of the molecule is CC(C)CC(=O)N1CC2(C[C@@H](Oc3ccccn3)CS2)C1. The number of pyridine rings is 1. The molecule has 0 bridgehead atoms. The number of aromatic nitrogens is 1. The Labute approximate surface area is 130 Å². The Morgan fingerprint density at radius 2 is 2.33 bits per heavy atom. The lowest BCUT2D eigenvalue weighted by Crippen LogP contribution is -2.61. The number of hydrogen-bond donors (Lipinski definition) is 0. The van der Waals surface area contributed by atoms with Crippen LogP contribution >= 0.6 is 11.8 Å². The minimum absolute atomic E-state index is 0.215. The van der Waals surface area contributed by atoms with Crippen molar-refractivity contribution in [2.75, 3.05) is 18.8 Å². The molecule has 0 saturated carbocycles. The van der Waals surface area contributed by atoms with Gasteiger partial charge >= 0.3 is 0 Å². The van der Waals surface area contributed by atoms with Crippen LogP contribution in [0.2, 0.25) is 0 Å². The topological polar surface area (TPSA) is 42.4 Å². The van der Waals surface area contributed by atoms with E-state index in [1.165, 1.54) is 0 Å². The Hall–Kier alpha value is -1.23. The molecular formula is C16H22N2O2S. The molecule has 1 aromatic heterocycles. The van der Waals surface area contributed by atoms with Gasteiger partial charge in [-0.2, -0.15) is 0 Å². The van der Waals surface area contributed by atoms with Gasteiger partial charge in [0.25, 0.3) is 0 Å². The monoisotopic (exact) mass is 306 g/mol. The van der Waals surface area contributed by atoms with Crippen molar-refractivity contribution in [2.24, 2.45) is 5.92 Å². The predicted octanol–water partition coefficient (Wildman–Crippen LogP) is 2.59. The summed E-state index contributed by atoms with van der Waals surface area (Å²) in [7, 11) is 0. The van der Waals surface area contributed by atoms with Crippen LogP contribution in [-0.4, -0.2) is 45.5 Å². The lowest BCUT2D eigenvalue weighted by Gasteiger charge is -2.47. The Bertz CT molecular complexity index is 500. The molecule has 0 radical (unpaired) electrons. The lowest BCUT2D eigenvalue weighted by atomic mass is 9.92. The van der Waals surface area contributed by atoms with Crippen molar-refractivity contribution in [3.8, 4) is 5.88 Å². The van der Waals surface area contributed by atoms with E-state index >= 15 is 0 Å². The van der Waals surface area contributed by atoms with E-state index in [9.17, 15) is 4.79 Å². The van der Waals surface area contributed by atoms with Gasteiger partial charge in [0.2, 0.25) is 11.8 Å². The average molecular weight is 306 g/mol. The fraction of sp³-hybridized carbons (Fsp3) is 0.625. The second-order valence-corrected chi connectivity index (χ2v) is 7.94. The van der Waals surface area contributed by atoms with E-state index < -0.39 is 0 Å². The molecule has 3 heterocycles. The molecular weight excluding hydrogens is 284 g/mol. The van der Waals surface area contributed by atoms with Gasteiger partial charge in [-0.15, -0.1) is 11.8 Å². The third-order valence-electron chi connectivity index (χ3n) is 3.99. The van der Waals surface area contributed by atoms with Crippen LogP contribution in [0, 0.1) is 5.92 Å². The molecule has 114 valence electrons. The largest absolute Gasteiger partial charge is 0.473 e. The van der Waals surface area contributed by atoms with Gasteiger partial charge in [-0.1, -0.05) is 19.9 Å². The van der Waals surface area contributed by atoms with Crippen LogP contribution in [0.3, 0.4) is 0 Å². The van der Waals surface area contributed by atoms with Crippen molar-refractivity contribution >= 4 is 17.7 Å². The Balaban J connectivity index is 1.49. The van der Waals surface area contributed by atoms with Crippen molar-refractivity contribution in [3.05, 3.63) is 24.4 Å². The van der Waals surface area contributed by atoms with E-state index in [2.05, 4.69) is 18.8 Å². The molecule has 21 heavy (non-hydrogen) atoms. The second kappa shape index (κ2) is 5.87. The molecule has 3 rings (SSSR count). The molecule has 0 N–H and O–H groups in total. The fourth-order valence-electron chi connectivity index (χ4n) is 2.99. The first-order valence-corrected chi connectivity index (χ1v) is 8.54. The smallest absolute Gasteiger partial charge is 0.222 e. The quantitative estimate of drug-likeness (QED) is 0.857. The normalized spacial score (nSPS) is 23.4. The number of thioether (sulfide) groups is 1. The van der Waals surface area contributed by atoms with Gasteiger partial charge in [-0.05, 0) is 12.0 Å². The number of hydrogen-bond acceptors (Lipinski definition) is 4. The van der Waals surface area contributed by atoms with Crippen molar-refractivity contribution in [1.29, 1.82) is 0 Å². The Morgan fingerprint density at radius 1 is 1.52 bits per heavy atom. The lowest BCUT2D eigenvalue weighted by molar-refractivity contribution is -0.137. The van der Waals surface area contributed by atoms with Crippen LogP contribution in [0.15, 0.2) is 24.4 Å². The highest BCUT2D eigenvalue weighted by Crippen LogP contribution is 2.46. The zero-order valence-electron chi connectivity index (χ0n) is 12.6. The van der Waals surface area contributed by atoms with Crippen LogP contribution in [0.5, 0.6) is 5.88 Å². The predicted molar refractivity (Wildman–Crippen MR) is 84.5 cm³/mol. The zero-order valence-corrected chi connectivity index (χ0v) is 13.4. The first-order valence-electron chi connectivity index (χ1n) is 7.56. The maximum Gasteiger partial charge on any atom is 0.222 e. The fourth-order valence-corrected chi connectivity index (χ4v) is 4.51. The first kappa shape index (κ1) is 14.7. The van der Waals surface area contributed by atoms with Crippen LogP contribution in [-0.2, 0) is 4.79 Å². The van der Waals surface area contributed by atoms with Crippen molar-refractivity contribution in [2.45, 2.75) is 37.5 Å². The minimum Gasteiger partial charge on any atom is -0.473 e. The number of likely N-dealkylation sites (tertiary alicyclic amines) is 1. The molecule has 0 aromatic carbocycles. The van der Waals surface area contributed by atoms with E-state index in [1.807, 2.05) is 34.9 Å². The second-order valence-electron chi connectivity index (χ2n) is 6.45. The third-order valence-corrected chi connectivity index (χ3v) is 5.57. The van der Waals surface area contributed by atoms with Gasteiger partial charge in [0.05, 0.1) is 4.75 Å². The molecule has 2 aliphatic heterocycles. The summed E-state index contributed by atoms with van der Waals surface area (Å²) in [6, 6.07) is 5.73. The summed E-state index contributed by atoms with van der Waals surface area (Å²) in [5, 5.41) is 0. The molecule has 1 aromatic rings. The highest BCUT2D eigenvalue weighted by Gasteiger charge is 2.51. The summed E-state index contributed by atoms with van der Waals surface area (Å²) >= 11 is 1.95. The van der Waals surface area contributed by atoms with Crippen molar-refractivity contribution in [1.82, 2.24) is 9.88 Å². The number of carbonyl (C=O) groups is 1. The third kappa shape index (κ3) is 3.34. The van der Waals surface area contributed by atoms with Crippen LogP contribution < -0.4 is 4.74 Å². The maximum absolute atomic E-state index is 12.0. The van der Waals surface area contributed by atoms with Gasteiger partial charge < -0.3 is 9.64 Å². The maximum atomic E-state index is 12.0. The molecule has 0 unspecified atom stereocenters. The first-order chi connectivity index (χ1) is 10.1. The van der Waals surface area contributed by atoms with Crippen LogP contribution in [0.1, 0.15) is 26.7 Å². The Kier molecular flexibility index (Phi) is 4.11. The molecule has 1 atom stereocenters. The van der Waals surface area contributed by atoms with E-state index in [-0.39, 0.29) is 10.9 Å². The summed E-state index contributed by atoms with van der Waals surface area (Å²) in [4.78, 5) is 18.2. The van der Waals surface area contributed by atoms with E-state index in [1.54, 1.807) is 6.20 Å². The van der Waals surface area contributed by atoms with E-state index in [0.29, 0.717) is 24.1 Å². The average Bonchev–Trinajstić information content (AvgIpc) is 2.81. The van der Waals surface area contributed by atoms with Crippen molar-refractivity contribution < 1.29 is 9.53 Å². The van der Waals surface area contributed by atoms with Gasteiger partial charge in [0.15, 0.2) is 0 Å². The minimum atomic E-state index is 0.215. The molecule has 2 aliphatic rings. The van der Waals surface area contributed by atoms with Crippen LogP contribution in [0.4, 0.5) is 0 Å². The van der Waals surface area contributed by atoms with Gasteiger partial charge in [0, 0.05) is 43.9 Å². The molecule has 5 heteroatoms. The Morgan fingerprint density at radius 3 is 3.00 bits per heavy atom. The number of nitrogens with zero attached hydrogens (tertiary/aromatic N) is 2. The summed E-state index contributed by atoms with van der Waals surface area (Å²) in [6.07, 6.45) is 3.64. The highest BCUT2D eigenvalue weighted by molar-refractivity contribution is 8.01. The number of ether oxygens (including phenoxy) is 1. The van der Waals surface area contributed by atoms with Crippen molar-refractivity contribution in [3.63, 3.8) is 0 Å². The number of amides is 1. The summed E-state index contributed by atoms with van der Waals surface area (Å²) in [5.74, 6) is 2.42. The summed E-state index contributed by atoms with van der Waals surface area (Å²) in [6.45, 7) is 5.94. The molecule has 0 aliphatic carbocycles.